The van der Waals surface area contributed by atoms with Gasteiger partial charge in [0.15, 0.2) is 0 Å². The lowest BCUT2D eigenvalue weighted by Crippen LogP contribution is -2.57. The molecular weight excluding hydrogens is 274 g/mol. The van der Waals surface area contributed by atoms with Gasteiger partial charge in [-0.3, -0.25) is 4.79 Å². The maximum absolute atomic E-state index is 12.3. The Morgan fingerprint density at radius 1 is 1.33 bits per heavy atom. The Hall–Kier alpha value is -1.79. The molecule has 1 saturated heterocycles. The minimum atomic E-state index is -1.22. The van der Waals surface area contributed by atoms with Crippen LogP contribution in [0.4, 0.5) is 4.79 Å². The first-order valence-electron chi connectivity index (χ1n) is 7.25. The van der Waals surface area contributed by atoms with Gasteiger partial charge in [-0.05, 0) is 39.0 Å². The third-order valence-electron chi connectivity index (χ3n) is 4.74. The van der Waals surface area contributed by atoms with Gasteiger partial charge in [0, 0.05) is 20.1 Å². The standard InChI is InChI=1S/C14H23N3O4/c1-13(10(18)15-3)6-7-17(8-13)12(21)16-14(2,11(19)20)9-4-5-9/h9H,4-8H2,1-3H3,(H,15,18)(H,16,21)(H,19,20). The molecule has 3 amide bonds. The number of rotatable bonds is 4. The molecule has 0 spiro atoms. The molecule has 7 nitrogen and oxygen atoms in total. The molecule has 0 aromatic heterocycles. The third kappa shape index (κ3) is 2.82. The van der Waals surface area contributed by atoms with E-state index in [-0.39, 0.29) is 11.8 Å². The van der Waals surface area contributed by atoms with Crippen molar-refractivity contribution >= 4 is 17.9 Å². The zero-order chi connectivity index (χ0) is 15.8. The van der Waals surface area contributed by atoms with Gasteiger partial charge in [-0.15, -0.1) is 0 Å². The highest BCUT2D eigenvalue weighted by molar-refractivity contribution is 5.88. The second-order valence-corrected chi connectivity index (χ2v) is 6.52. The summed E-state index contributed by atoms with van der Waals surface area (Å²) in [5, 5.41) is 14.6. The molecule has 1 heterocycles. The minimum Gasteiger partial charge on any atom is -0.480 e. The van der Waals surface area contributed by atoms with Gasteiger partial charge in [0.2, 0.25) is 5.91 Å². The fourth-order valence-electron chi connectivity index (χ4n) is 2.91. The Kier molecular flexibility index (Phi) is 3.86. The first kappa shape index (κ1) is 15.6. The Morgan fingerprint density at radius 3 is 2.43 bits per heavy atom. The minimum absolute atomic E-state index is 0.00752. The number of hydrogen-bond donors (Lipinski definition) is 3. The van der Waals surface area contributed by atoms with Crippen LogP contribution in [0.25, 0.3) is 0 Å². The van der Waals surface area contributed by atoms with E-state index in [4.69, 9.17) is 0 Å². The molecule has 3 N–H and O–H groups in total. The summed E-state index contributed by atoms with van der Waals surface area (Å²) < 4.78 is 0. The lowest BCUT2D eigenvalue weighted by molar-refractivity contribution is -0.144. The van der Waals surface area contributed by atoms with Crippen molar-refractivity contribution in [3.8, 4) is 0 Å². The van der Waals surface area contributed by atoms with Crippen molar-refractivity contribution in [1.29, 1.82) is 0 Å². The molecule has 0 aromatic rings. The largest absolute Gasteiger partial charge is 0.480 e. The van der Waals surface area contributed by atoms with Crippen molar-refractivity contribution < 1.29 is 19.5 Å². The zero-order valence-electron chi connectivity index (χ0n) is 12.7. The van der Waals surface area contributed by atoms with Gasteiger partial charge >= 0.3 is 12.0 Å². The molecule has 2 aliphatic rings. The Bertz CT molecular complexity index is 477. The highest BCUT2D eigenvalue weighted by Crippen LogP contribution is 2.40. The molecule has 0 bridgehead atoms. The van der Waals surface area contributed by atoms with Crippen molar-refractivity contribution in [1.82, 2.24) is 15.5 Å². The second kappa shape index (κ2) is 5.20. The average molecular weight is 297 g/mol. The summed E-state index contributed by atoms with van der Waals surface area (Å²) in [5.41, 5.74) is -1.83. The summed E-state index contributed by atoms with van der Waals surface area (Å²) in [6, 6.07) is -0.403. The summed E-state index contributed by atoms with van der Waals surface area (Å²) in [5.74, 6) is -1.11. The van der Waals surface area contributed by atoms with Crippen molar-refractivity contribution in [2.45, 2.75) is 38.6 Å². The number of aliphatic carboxylic acids is 1. The molecule has 0 aromatic carbocycles. The van der Waals surface area contributed by atoms with Crippen LogP contribution in [0.15, 0.2) is 0 Å². The fraction of sp³-hybridized carbons (Fsp3) is 0.786. The number of carboxylic acids is 1. The number of nitrogens with zero attached hydrogens (tertiary/aromatic N) is 1. The smallest absolute Gasteiger partial charge is 0.329 e. The summed E-state index contributed by atoms with van der Waals surface area (Å²) in [7, 11) is 1.57. The van der Waals surface area contributed by atoms with Gasteiger partial charge in [-0.1, -0.05) is 0 Å². The van der Waals surface area contributed by atoms with E-state index in [0.29, 0.717) is 19.5 Å². The molecule has 21 heavy (non-hydrogen) atoms. The van der Waals surface area contributed by atoms with E-state index in [1.54, 1.807) is 14.0 Å². The van der Waals surface area contributed by atoms with E-state index in [2.05, 4.69) is 10.6 Å². The molecule has 1 aliphatic heterocycles. The molecule has 2 unspecified atom stereocenters. The number of likely N-dealkylation sites (tertiary alicyclic amines) is 1. The van der Waals surface area contributed by atoms with Gasteiger partial charge in [-0.25, -0.2) is 9.59 Å². The predicted molar refractivity (Wildman–Crippen MR) is 75.7 cm³/mol. The lowest BCUT2D eigenvalue weighted by atomic mass is 9.89. The van der Waals surface area contributed by atoms with Crippen LogP contribution in [-0.2, 0) is 9.59 Å². The topological polar surface area (TPSA) is 98.7 Å². The number of amides is 3. The fourth-order valence-corrected chi connectivity index (χ4v) is 2.91. The zero-order valence-corrected chi connectivity index (χ0v) is 12.7. The molecule has 1 aliphatic carbocycles. The van der Waals surface area contributed by atoms with Crippen LogP contribution >= 0.6 is 0 Å². The Balaban J connectivity index is 2.02. The molecule has 0 radical (unpaired) electrons. The summed E-state index contributed by atoms with van der Waals surface area (Å²) in [4.78, 5) is 37.1. The van der Waals surface area contributed by atoms with Crippen molar-refractivity contribution in [2.75, 3.05) is 20.1 Å². The van der Waals surface area contributed by atoms with Gasteiger partial charge in [-0.2, -0.15) is 0 Å². The average Bonchev–Trinajstić information content (AvgIpc) is 3.21. The highest BCUT2D eigenvalue weighted by Gasteiger charge is 2.50. The molecule has 2 atom stereocenters. The van der Waals surface area contributed by atoms with Crippen molar-refractivity contribution in [3.05, 3.63) is 0 Å². The third-order valence-corrected chi connectivity index (χ3v) is 4.74. The van der Waals surface area contributed by atoms with Gasteiger partial charge in [0.1, 0.15) is 5.54 Å². The number of nitrogens with one attached hydrogen (secondary N) is 2. The molecule has 2 rings (SSSR count). The molecule has 118 valence electrons. The Morgan fingerprint density at radius 2 is 1.95 bits per heavy atom. The predicted octanol–water partition coefficient (Wildman–Crippen LogP) is 0.407. The second-order valence-electron chi connectivity index (χ2n) is 6.52. The number of carboxylic acid groups (broad SMARTS) is 1. The van der Waals surface area contributed by atoms with Gasteiger partial charge < -0.3 is 20.6 Å². The van der Waals surface area contributed by atoms with Crippen LogP contribution in [0.5, 0.6) is 0 Å². The van der Waals surface area contributed by atoms with Crippen LogP contribution in [0, 0.1) is 11.3 Å². The number of carbonyl (C=O) groups is 3. The van der Waals surface area contributed by atoms with Crippen molar-refractivity contribution in [2.24, 2.45) is 11.3 Å². The SMILES string of the molecule is CNC(=O)C1(C)CCN(C(=O)NC(C)(C(=O)O)C2CC2)C1. The summed E-state index contributed by atoms with van der Waals surface area (Å²) >= 11 is 0. The quantitative estimate of drug-likeness (QED) is 0.700. The molecule has 7 heteroatoms. The first-order chi connectivity index (χ1) is 9.73. The van der Waals surface area contributed by atoms with E-state index in [9.17, 15) is 19.5 Å². The van der Waals surface area contributed by atoms with Gasteiger partial charge in [0.25, 0.3) is 0 Å². The van der Waals surface area contributed by atoms with E-state index >= 15 is 0 Å². The van der Waals surface area contributed by atoms with Crippen molar-refractivity contribution in [3.63, 3.8) is 0 Å². The first-order valence-corrected chi connectivity index (χ1v) is 7.25. The van der Waals surface area contributed by atoms with E-state index in [0.717, 1.165) is 12.8 Å². The van der Waals surface area contributed by atoms with Crippen LogP contribution < -0.4 is 10.6 Å². The summed E-state index contributed by atoms with van der Waals surface area (Å²) in [6.45, 7) is 4.13. The molecular formula is C14H23N3O4. The Labute approximate surface area is 124 Å². The maximum Gasteiger partial charge on any atom is 0.329 e. The summed E-state index contributed by atoms with van der Waals surface area (Å²) in [6.07, 6.45) is 2.21. The van der Waals surface area contributed by atoms with Crippen LogP contribution in [0.2, 0.25) is 0 Å². The van der Waals surface area contributed by atoms with Gasteiger partial charge in [0.05, 0.1) is 5.41 Å². The lowest BCUT2D eigenvalue weighted by Gasteiger charge is -2.29. The van der Waals surface area contributed by atoms with Crippen LogP contribution in [-0.4, -0.2) is 53.6 Å². The van der Waals surface area contributed by atoms with E-state index in [1.165, 1.54) is 4.90 Å². The van der Waals surface area contributed by atoms with Crippen LogP contribution in [0.1, 0.15) is 33.1 Å². The normalized spacial score (nSPS) is 27.9. The monoisotopic (exact) mass is 297 g/mol. The number of hydrogen-bond acceptors (Lipinski definition) is 3. The molecule has 1 saturated carbocycles. The van der Waals surface area contributed by atoms with Crippen LogP contribution in [0.3, 0.4) is 0 Å². The molecule has 2 fully saturated rings. The van der Waals surface area contributed by atoms with E-state index < -0.39 is 23.0 Å². The number of urea groups is 1. The highest BCUT2D eigenvalue weighted by atomic mass is 16.4. The maximum atomic E-state index is 12.3. The number of carbonyl (C=O) groups excluding carboxylic acids is 2. The van der Waals surface area contributed by atoms with E-state index in [1.807, 2.05) is 6.92 Å².